The van der Waals surface area contributed by atoms with Gasteiger partial charge in [0.05, 0.1) is 7.11 Å². The Labute approximate surface area is 95.4 Å². The van der Waals surface area contributed by atoms with Crippen LogP contribution in [-0.2, 0) is 4.74 Å². The smallest absolute Gasteiger partial charge is 0.131 e. The van der Waals surface area contributed by atoms with Crippen molar-refractivity contribution in [2.45, 2.75) is 18.9 Å². The highest BCUT2D eigenvalue weighted by molar-refractivity contribution is 5.30. The predicted molar refractivity (Wildman–Crippen MR) is 61.0 cm³/mol. The van der Waals surface area contributed by atoms with Crippen molar-refractivity contribution in [1.29, 1.82) is 0 Å². The topological polar surface area (TPSA) is 44.5 Å². The van der Waals surface area contributed by atoms with Crippen LogP contribution < -0.4 is 10.5 Å². The molecule has 0 radical (unpaired) electrons. The van der Waals surface area contributed by atoms with E-state index in [1.807, 2.05) is 0 Å². The van der Waals surface area contributed by atoms with Crippen molar-refractivity contribution in [2.75, 3.05) is 20.8 Å². The monoisotopic (exact) mass is 227 g/mol. The summed E-state index contributed by atoms with van der Waals surface area (Å²) >= 11 is 0. The molecule has 1 aromatic rings. The van der Waals surface area contributed by atoms with Crippen molar-refractivity contribution in [3.8, 4) is 5.75 Å². The fraction of sp³-hybridized carbons (Fsp3) is 0.500. The van der Waals surface area contributed by atoms with Gasteiger partial charge in [0.2, 0.25) is 0 Å². The summed E-state index contributed by atoms with van der Waals surface area (Å²) in [7, 11) is 3.15. The molecule has 0 saturated heterocycles. The second-order valence-corrected chi connectivity index (χ2v) is 3.63. The SMILES string of the molecule is COCCCC(N)c1ccc(OC)cc1F. The molecule has 0 aliphatic carbocycles. The van der Waals surface area contributed by atoms with Crippen molar-refractivity contribution in [3.05, 3.63) is 29.6 Å². The molecule has 2 N–H and O–H groups in total. The zero-order valence-corrected chi connectivity index (χ0v) is 9.70. The van der Waals surface area contributed by atoms with Crippen LogP contribution in [0.4, 0.5) is 4.39 Å². The molecule has 1 unspecified atom stereocenters. The number of halogens is 1. The minimum Gasteiger partial charge on any atom is -0.497 e. The third-order valence-electron chi connectivity index (χ3n) is 2.47. The number of hydrogen-bond donors (Lipinski definition) is 1. The Morgan fingerprint density at radius 2 is 2.12 bits per heavy atom. The van der Waals surface area contributed by atoms with Gasteiger partial charge < -0.3 is 15.2 Å². The predicted octanol–water partition coefficient (Wildman–Crippen LogP) is 2.26. The van der Waals surface area contributed by atoms with E-state index < -0.39 is 0 Å². The molecule has 0 spiro atoms. The lowest BCUT2D eigenvalue weighted by Crippen LogP contribution is -2.13. The molecule has 90 valence electrons. The van der Waals surface area contributed by atoms with Crippen molar-refractivity contribution in [2.24, 2.45) is 5.73 Å². The molecule has 3 nitrogen and oxygen atoms in total. The van der Waals surface area contributed by atoms with E-state index in [-0.39, 0.29) is 11.9 Å². The normalized spacial score (nSPS) is 12.5. The summed E-state index contributed by atoms with van der Waals surface area (Å²) in [6.45, 7) is 0.644. The molecule has 1 rings (SSSR count). The van der Waals surface area contributed by atoms with Gasteiger partial charge in [-0.1, -0.05) is 6.07 Å². The van der Waals surface area contributed by atoms with Crippen LogP contribution in [0.15, 0.2) is 18.2 Å². The molecule has 0 aliphatic rings. The number of benzene rings is 1. The third kappa shape index (κ3) is 3.47. The molecule has 0 saturated carbocycles. The van der Waals surface area contributed by atoms with Gasteiger partial charge in [-0.3, -0.25) is 0 Å². The van der Waals surface area contributed by atoms with Crippen LogP contribution in [-0.4, -0.2) is 20.8 Å². The zero-order chi connectivity index (χ0) is 12.0. The standard InChI is InChI=1S/C12H18FNO2/c1-15-7-3-4-12(14)10-6-5-9(16-2)8-11(10)13/h5-6,8,12H,3-4,7,14H2,1-2H3. The number of rotatable bonds is 6. The van der Waals surface area contributed by atoms with Crippen LogP contribution in [0, 0.1) is 5.82 Å². The minimum absolute atomic E-state index is 0.291. The molecule has 4 heteroatoms. The van der Waals surface area contributed by atoms with Crippen molar-refractivity contribution < 1.29 is 13.9 Å². The van der Waals surface area contributed by atoms with Gasteiger partial charge in [0.15, 0.2) is 0 Å². The van der Waals surface area contributed by atoms with E-state index in [0.29, 0.717) is 24.3 Å². The zero-order valence-electron chi connectivity index (χ0n) is 9.70. The Morgan fingerprint density at radius 3 is 2.69 bits per heavy atom. The Hall–Kier alpha value is -1.13. The van der Waals surface area contributed by atoms with Gasteiger partial charge in [0.25, 0.3) is 0 Å². The molecule has 0 fully saturated rings. The largest absolute Gasteiger partial charge is 0.497 e. The van der Waals surface area contributed by atoms with Gasteiger partial charge in [0.1, 0.15) is 11.6 Å². The highest BCUT2D eigenvalue weighted by Gasteiger charge is 2.11. The second-order valence-electron chi connectivity index (χ2n) is 3.63. The Kier molecular flexibility index (Phi) is 5.22. The molecular weight excluding hydrogens is 209 g/mol. The van der Waals surface area contributed by atoms with E-state index >= 15 is 0 Å². The van der Waals surface area contributed by atoms with Gasteiger partial charge in [0, 0.05) is 31.4 Å². The average Bonchev–Trinajstić information content (AvgIpc) is 2.29. The van der Waals surface area contributed by atoms with Gasteiger partial charge in [-0.2, -0.15) is 0 Å². The van der Waals surface area contributed by atoms with Crippen LogP contribution in [0.2, 0.25) is 0 Å². The first-order valence-electron chi connectivity index (χ1n) is 5.27. The second kappa shape index (κ2) is 6.45. The van der Waals surface area contributed by atoms with Gasteiger partial charge in [-0.25, -0.2) is 4.39 Å². The summed E-state index contributed by atoms with van der Waals surface area (Å²) in [6, 6.07) is 4.45. The van der Waals surface area contributed by atoms with E-state index in [1.54, 1.807) is 19.2 Å². The van der Waals surface area contributed by atoms with Gasteiger partial charge >= 0.3 is 0 Å². The number of nitrogens with two attached hydrogens (primary N) is 1. The van der Waals surface area contributed by atoms with E-state index in [0.717, 1.165) is 6.42 Å². The minimum atomic E-state index is -0.315. The number of methoxy groups -OCH3 is 2. The highest BCUT2D eigenvalue weighted by Crippen LogP contribution is 2.23. The summed E-state index contributed by atoms with van der Waals surface area (Å²) in [5, 5.41) is 0. The van der Waals surface area contributed by atoms with Crippen LogP contribution in [0.1, 0.15) is 24.4 Å². The van der Waals surface area contributed by atoms with Crippen LogP contribution in [0.3, 0.4) is 0 Å². The summed E-state index contributed by atoms with van der Waals surface area (Å²) in [5.74, 6) is 0.189. The highest BCUT2D eigenvalue weighted by atomic mass is 19.1. The lowest BCUT2D eigenvalue weighted by Gasteiger charge is -2.13. The van der Waals surface area contributed by atoms with Crippen LogP contribution in [0.5, 0.6) is 5.75 Å². The first-order valence-corrected chi connectivity index (χ1v) is 5.27. The Morgan fingerprint density at radius 1 is 1.38 bits per heavy atom. The maximum atomic E-state index is 13.6. The molecule has 1 aromatic carbocycles. The number of hydrogen-bond acceptors (Lipinski definition) is 3. The third-order valence-corrected chi connectivity index (χ3v) is 2.47. The Bertz CT molecular complexity index is 331. The lowest BCUT2D eigenvalue weighted by atomic mass is 10.0. The molecule has 0 aromatic heterocycles. The van der Waals surface area contributed by atoms with Gasteiger partial charge in [-0.05, 0) is 18.9 Å². The van der Waals surface area contributed by atoms with Crippen LogP contribution in [0.25, 0.3) is 0 Å². The van der Waals surface area contributed by atoms with E-state index in [4.69, 9.17) is 15.2 Å². The van der Waals surface area contributed by atoms with E-state index in [1.165, 1.54) is 13.2 Å². The average molecular weight is 227 g/mol. The van der Waals surface area contributed by atoms with Gasteiger partial charge in [-0.15, -0.1) is 0 Å². The first-order chi connectivity index (χ1) is 7.69. The fourth-order valence-corrected chi connectivity index (χ4v) is 1.54. The molecule has 0 amide bonds. The summed E-state index contributed by atoms with van der Waals surface area (Å²) in [4.78, 5) is 0. The quantitative estimate of drug-likeness (QED) is 0.758. The summed E-state index contributed by atoms with van der Waals surface area (Å²) < 4.78 is 23.5. The van der Waals surface area contributed by atoms with Crippen molar-refractivity contribution in [3.63, 3.8) is 0 Å². The summed E-state index contributed by atoms with van der Waals surface area (Å²) in [6.07, 6.45) is 1.53. The first kappa shape index (κ1) is 12.9. The molecule has 0 bridgehead atoms. The molecule has 0 heterocycles. The molecule has 1 atom stereocenters. The lowest BCUT2D eigenvalue weighted by molar-refractivity contribution is 0.190. The van der Waals surface area contributed by atoms with E-state index in [2.05, 4.69) is 0 Å². The maximum Gasteiger partial charge on any atom is 0.131 e. The van der Waals surface area contributed by atoms with Crippen LogP contribution >= 0.6 is 0 Å². The fourth-order valence-electron chi connectivity index (χ4n) is 1.54. The maximum absolute atomic E-state index is 13.6. The Balaban J connectivity index is 2.64. The van der Waals surface area contributed by atoms with Crippen molar-refractivity contribution in [1.82, 2.24) is 0 Å². The van der Waals surface area contributed by atoms with Crippen molar-refractivity contribution >= 4 is 0 Å². The summed E-state index contributed by atoms with van der Waals surface area (Å²) in [5.41, 5.74) is 6.42. The molecule has 16 heavy (non-hydrogen) atoms. The molecular formula is C12H18FNO2. The molecule has 0 aliphatic heterocycles. The van der Waals surface area contributed by atoms with E-state index in [9.17, 15) is 4.39 Å². The number of ether oxygens (including phenoxy) is 2.